The van der Waals surface area contributed by atoms with E-state index in [4.69, 9.17) is 11.6 Å². The van der Waals surface area contributed by atoms with Crippen molar-refractivity contribution in [2.75, 3.05) is 27.2 Å². The third kappa shape index (κ3) is 5.38. The summed E-state index contributed by atoms with van der Waals surface area (Å²) in [6.45, 7) is 9.49. The minimum absolute atomic E-state index is 0.265. The van der Waals surface area contributed by atoms with Crippen LogP contribution in [0.5, 0.6) is 0 Å². The Kier molecular flexibility index (Phi) is 5.64. The Morgan fingerprint density at radius 3 is 2.50 bits per heavy atom. The molecule has 0 aliphatic heterocycles. The lowest BCUT2D eigenvalue weighted by molar-refractivity contribution is 0.232. The molecule has 18 heavy (non-hydrogen) atoms. The fraction of sp³-hybridized carbons (Fsp3) is 0.600. The van der Waals surface area contributed by atoms with Crippen molar-refractivity contribution in [2.24, 2.45) is 5.41 Å². The second kappa shape index (κ2) is 6.55. The van der Waals surface area contributed by atoms with Crippen LogP contribution < -0.4 is 5.32 Å². The van der Waals surface area contributed by atoms with E-state index in [1.807, 2.05) is 6.07 Å². The van der Waals surface area contributed by atoms with E-state index in [0.29, 0.717) is 0 Å². The molecule has 0 heterocycles. The van der Waals surface area contributed by atoms with Gasteiger partial charge in [0.15, 0.2) is 0 Å². The van der Waals surface area contributed by atoms with Gasteiger partial charge in [0.05, 0.1) is 0 Å². The molecule has 1 N–H and O–H groups in total. The predicted octanol–water partition coefficient (Wildman–Crippen LogP) is 3.33. The summed E-state index contributed by atoms with van der Waals surface area (Å²) in [7, 11) is 4.22. The molecule has 0 radical (unpaired) electrons. The number of aryl methyl sites for hydroxylation is 1. The van der Waals surface area contributed by atoms with Gasteiger partial charge in [-0.3, -0.25) is 0 Å². The first-order valence-electron chi connectivity index (χ1n) is 6.41. The molecule has 3 heteroatoms. The minimum atomic E-state index is 0.265. The number of rotatable bonds is 6. The lowest BCUT2D eigenvalue weighted by Crippen LogP contribution is -2.37. The van der Waals surface area contributed by atoms with Crippen LogP contribution in [0, 0.1) is 12.3 Å². The summed E-state index contributed by atoms with van der Waals surface area (Å²) in [6, 6.07) is 6.22. The van der Waals surface area contributed by atoms with Crippen LogP contribution in [0.2, 0.25) is 5.02 Å². The number of halogens is 1. The zero-order valence-corrected chi connectivity index (χ0v) is 12.9. The van der Waals surface area contributed by atoms with Crippen molar-refractivity contribution < 1.29 is 0 Å². The van der Waals surface area contributed by atoms with Crippen molar-refractivity contribution in [3.8, 4) is 0 Å². The molecule has 102 valence electrons. The van der Waals surface area contributed by atoms with E-state index in [1.165, 1.54) is 11.1 Å². The number of hydrogen-bond donors (Lipinski definition) is 1. The molecule has 0 unspecified atom stereocenters. The lowest BCUT2D eigenvalue weighted by Gasteiger charge is -2.28. The second-order valence-electron chi connectivity index (χ2n) is 6.10. The SMILES string of the molecule is Cc1ccc(CNCC(C)(C)CN(C)C)c(Cl)c1. The van der Waals surface area contributed by atoms with Crippen LogP contribution in [0.3, 0.4) is 0 Å². The van der Waals surface area contributed by atoms with Crippen LogP contribution in [-0.4, -0.2) is 32.1 Å². The second-order valence-corrected chi connectivity index (χ2v) is 6.51. The third-order valence-electron chi connectivity index (χ3n) is 2.87. The fourth-order valence-electron chi connectivity index (χ4n) is 2.24. The Balaban J connectivity index is 2.46. The van der Waals surface area contributed by atoms with E-state index in [9.17, 15) is 0 Å². The highest BCUT2D eigenvalue weighted by Gasteiger charge is 2.18. The van der Waals surface area contributed by atoms with Gasteiger partial charge in [-0.15, -0.1) is 0 Å². The van der Waals surface area contributed by atoms with Crippen LogP contribution in [0.25, 0.3) is 0 Å². The van der Waals surface area contributed by atoms with Crippen molar-refractivity contribution >= 4 is 11.6 Å². The van der Waals surface area contributed by atoms with Gasteiger partial charge in [0.25, 0.3) is 0 Å². The van der Waals surface area contributed by atoms with Gasteiger partial charge in [-0.2, -0.15) is 0 Å². The predicted molar refractivity (Wildman–Crippen MR) is 80.2 cm³/mol. The van der Waals surface area contributed by atoms with Crippen molar-refractivity contribution in [3.63, 3.8) is 0 Å². The molecule has 0 amide bonds. The first kappa shape index (κ1) is 15.5. The van der Waals surface area contributed by atoms with E-state index in [0.717, 1.165) is 24.7 Å². The zero-order chi connectivity index (χ0) is 13.8. The summed E-state index contributed by atoms with van der Waals surface area (Å²) < 4.78 is 0. The van der Waals surface area contributed by atoms with Crippen LogP contribution >= 0.6 is 11.6 Å². The number of hydrogen-bond acceptors (Lipinski definition) is 2. The molecule has 1 aromatic rings. The maximum Gasteiger partial charge on any atom is 0.0453 e. The van der Waals surface area contributed by atoms with Gasteiger partial charge in [0.1, 0.15) is 0 Å². The largest absolute Gasteiger partial charge is 0.312 e. The van der Waals surface area contributed by atoms with Gasteiger partial charge in [-0.1, -0.05) is 37.6 Å². The van der Waals surface area contributed by atoms with Crippen LogP contribution in [0.15, 0.2) is 18.2 Å². The van der Waals surface area contributed by atoms with Gasteiger partial charge in [-0.25, -0.2) is 0 Å². The topological polar surface area (TPSA) is 15.3 Å². The summed E-state index contributed by atoms with van der Waals surface area (Å²) in [5.41, 5.74) is 2.64. The van der Waals surface area contributed by atoms with E-state index in [2.05, 4.69) is 57.2 Å². The molecule has 0 saturated heterocycles. The van der Waals surface area contributed by atoms with E-state index < -0.39 is 0 Å². The summed E-state index contributed by atoms with van der Waals surface area (Å²) in [6.07, 6.45) is 0. The Labute approximate surface area is 116 Å². The summed E-state index contributed by atoms with van der Waals surface area (Å²) in [5, 5.41) is 4.35. The van der Waals surface area contributed by atoms with Crippen molar-refractivity contribution in [1.82, 2.24) is 10.2 Å². The zero-order valence-electron chi connectivity index (χ0n) is 12.2. The van der Waals surface area contributed by atoms with Crippen molar-refractivity contribution in [1.29, 1.82) is 0 Å². The van der Waals surface area contributed by atoms with Gasteiger partial charge < -0.3 is 10.2 Å². The molecule has 0 saturated carbocycles. The van der Waals surface area contributed by atoms with Crippen LogP contribution in [0.1, 0.15) is 25.0 Å². The first-order valence-corrected chi connectivity index (χ1v) is 6.78. The first-order chi connectivity index (χ1) is 8.30. The quantitative estimate of drug-likeness (QED) is 0.851. The highest BCUT2D eigenvalue weighted by atomic mass is 35.5. The average molecular weight is 269 g/mol. The monoisotopic (exact) mass is 268 g/mol. The van der Waals surface area contributed by atoms with Crippen LogP contribution in [0.4, 0.5) is 0 Å². The highest BCUT2D eigenvalue weighted by Crippen LogP contribution is 2.18. The molecule has 2 nitrogen and oxygen atoms in total. The average Bonchev–Trinajstić information content (AvgIpc) is 2.19. The van der Waals surface area contributed by atoms with Gasteiger partial charge >= 0.3 is 0 Å². The Morgan fingerprint density at radius 2 is 1.94 bits per heavy atom. The summed E-state index contributed by atoms with van der Waals surface area (Å²) in [4.78, 5) is 2.22. The maximum atomic E-state index is 6.22. The number of nitrogens with one attached hydrogen (secondary N) is 1. The number of benzene rings is 1. The maximum absolute atomic E-state index is 6.22. The molecule has 0 aliphatic rings. The molecule has 0 spiro atoms. The highest BCUT2D eigenvalue weighted by molar-refractivity contribution is 6.31. The van der Waals surface area contributed by atoms with Gasteiger partial charge in [0, 0.05) is 24.7 Å². The Morgan fingerprint density at radius 1 is 1.28 bits per heavy atom. The molecule has 1 aromatic carbocycles. The third-order valence-corrected chi connectivity index (χ3v) is 3.22. The van der Waals surface area contributed by atoms with Gasteiger partial charge in [-0.05, 0) is 43.6 Å². The normalized spacial score (nSPS) is 12.2. The van der Waals surface area contributed by atoms with E-state index in [-0.39, 0.29) is 5.41 Å². The summed E-state index contributed by atoms with van der Waals surface area (Å²) in [5.74, 6) is 0. The van der Waals surface area contributed by atoms with Crippen molar-refractivity contribution in [3.05, 3.63) is 34.3 Å². The molecule has 0 aromatic heterocycles. The molecular formula is C15H25ClN2. The Bertz CT molecular complexity index is 386. The van der Waals surface area contributed by atoms with E-state index in [1.54, 1.807) is 0 Å². The molecule has 0 atom stereocenters. The van der Waals surface area contributed by atoms with Crippen molar-refractivity contribution in [2.45, 2.75) is 27.3 Å². The molecule has 0 fully saturated rings. The molecular weight excluding hydrogens is 244 g/mol. The fourth-order valence-corrected chi connectivity index (χ4v) is 2.55. The van der Waals surface area contributed by atoms with Gasteiger partial charge in [0.2, 0.25) is 0 Å². The smallest absolute Gasteiger partial charge is 0.0453 e. The molecule has 0 bridgehead atoms. The summed E-state index contributed by atoms with van der Waals surface area (Å²) >= 11 is 6.22. The minimum Gasteiger partial charge on any atom is -0.312 e. The molecule has 1 rings (SSSR count). The Hall–Kier alpha value is -0.570. The van der Waals surface area contributed by atoms with Crippen LogP contribution in [-0.2, 0) is 6.54 Å². The molecule has 0 aliphatic carbocycles. The number of nitrogens with zero attached hydrogens (tertiary/aromatic N) is 1. The standard InChI is InChI=1S/C15H25ClN2/c1-12-6-7-13(14(16)8-12)9-17-10-15(2,3)11-18(4)5/h6-8,17H,9-11H2,1-5H3. The lowest BCUT2D eigenvalue weighted by atomic mass is 9.93. The van der Waals surface area contributed by atoms with E-state index >= 15 is 0 Å².